The van der Waals surface area contributed by atoms with E-state index in [0.717, 1.165) is 4.31 Å². The molecule has 1 saturated heterocycles. The van der Waals surface area contributed by atoms with E-state index in [2.05, 4.69) is 5.32 Å². The van der Waals surface area contributed by atoms with Crippen LogP contribution in [0.5, 0.6) is 5.75 Å². The zero-order valence-corrected chi connectivity index (χ0v) is 12.5. The molecule has 0 aromatic heterocycles. The summed E-state index contributed by atoms with van der Waals surface area (Å²) < 4.78 is 31.1. The lowest BCUT2D eigenvalue weighted by atomic mass is 10.3. The molecule has 1 aromatic rings. The van der Waals surface area contributed by atoms with Crippen molar-refractivity contribution in [2.75, 3.05) is 26.7 Å². The van der Waals surface area contributed by atoms with Crippen molar-refractivity contribution in [1.82, 2.24) is 9.62 Å². The Morgan fingerprint density at radius 3 is 2.80 bits per heavy atom. The lowest BCUT2D eigenvalue weighted by Gasteiger charge is -2.19. The lowest BCUT2D eigenvalue weighted by Crippen LogP contribution is -2.37. The number of benzene rings is 1. The Morgan fingerprint density at radius 1 is 1.40 bits per heavy atom. The first kappa shape index (κ1) is 15.1. The SMILES string of the molecule is COc1ccc(S(=O)(=O)N2CCCNC(=O)C2)cc1Cl. The number of amides is 1. The van der Waals surface area contributed by atoms with Gasteiger partial charge < -0.3 is 10.1 Å². The van der Waals surface area contributed by atoms with Gasteiger partial charge in [0.05, 0.1) is 23.6 Å². The predicted octanol–water partition coefficient (Wildman–Crippen LogP) is 0.859. The standard InChI is InChI=1S/C12H15ClN2O4S/c1-19-11-4-3-9(7-10(11)13)20(17,18)15-6-2-5-14-12(16)8-15/h3-4,7H,2,5-6,8H2,1H3,(H,14,16). The van der Waals surface area contributed by atoms with Crippen LogP contribution in [0.4, 0.5) is 0 Å². The van der Waals surface area contributed by atoms with E-state index in [1.165, 1.54) is 25.3 Å². The van der Waals surface area contributed by atoms with Crippen molar-refractivity contribution in [2.24, 2.45) is 0 Å². The first-order chi connectivity index (χ1) is 9.45. The first-order valence-corrected chi connectivity index (χ1v) is 7.87. The van der Waals surface area contributed by atoms with Crippen molar-refractivity contribution in [3.05, 3.63) is 23.2 Å². The number of ether oxygens (including phenoxy) is 1. The zero-order chi connectivity index (χ0) is 14.8. The Kier molecular flexibility index (Phi) is 4.52. The van der Waals surface area contributed by atoms with E-state index in [-0.39, 0.29) is 22.4 Å². The van der Waals surface area contributed by atoms with E-state index >= 15 is 0 Å². The van der Waals surface area contributed by atoms with Gasteiger partial charge in [-0.05, 0) is 24.6 Å². The highest BCUT2D eigenvalue weighted by Crippen LogP contribution is 2.28. The van der Waals surface area contributed by atoms with Crippen molar-refractivity contribution in [3.63, 3.8) is 0 Å². The zero-order valence-electron chi connectivity index (χ0n) is 10.9. The van der Waals surface area contributed by atoms with E-state index < -0.39 is 10.0 Å². The van der Waals surface area contributed by atoms with Crippen LogP contribution in [0.2, 0.25) is 5.02 Å². The van der Waals surface area contributed by atoms with Gasteiger partial charge in [-0.25, -0.2) is 8.42 Å². The molecule has 8 heteroatoms. The molecule has 0 saturated carbocycles. The molecule has 2 rings (SSSR count). The monoisotopic (exact) mass is 318 g/mol. The number of rotatable bonds is 3. The smallest absolute Gasteiger partial charge is 0.243 e. The Morgan fingerprint density at radius 2 is 2.15 bits per heavy atom. The number of nitrogens with zero attached hydrogens (tertiary/aromatic N) is 1. The number of nitrogens with one attached hydrogen (secondary N) is 1. The molecule has 0 unspecified atom stereocenters. The fourth-order valence-corrected chi connectivity index (χ4v) is 3.72. The van der Waals surface area contributed by atoms with Gasteiger partial charge >= 0.3 is 0 Å². The van der Waals surface area contributed by atoms with Crippen LogP contribution >= 0.6 is 11.6 Å². The Hall–Kier alpha value is -1.31. The van der Waals surface area contributed by atoms with Crippen LogP contribution < -0.4 is 10.1 Å². The third kappa shape index (κ3) is 3.05. The maximum absolute atomic E-state index is 12.5. The number of methoxy groups -OCH3 is 1. The summed E-state index contributed by atoms with van der Waals surface area (Å²) in [5, 5.41) is 2.85. The van der Waals surface area contributed by atoms with Crippen molar-refractivity contribution in [3.8, 4) is 5.75 Å². The summed E-state index contributed by atoms with van der Waals surface area (Å²) in [5.74, 6) is 0.102. The molecule has 0 radical (unpaired) electrons. The second kappa shape index (κ2) is 5.99. The maximum atomic E-state index is 12.5. The van der Waals surface area contributed by atoms with Crippen molar-refractivity contribution in [1.29, 1.82) is 0 Å². The molecule has 1 heterocycles. The van der Waals surface area contributed by atoms with Crippen molar-refractivity contribution in [2.45, 2.75) is 11.3 Å². The van der Waals surface area contributed by atoms with E-state index in [9.17, 15) is 13.2 Å². The Balaban J connectivity index is 2.34. The minimum absolute atomic E-state index is 0.0537. The minimum atomic E-state index is -3.73. The molecule has 0 aliphatic carbocycles. The van der Waals surface area contributed by atoms with Crippen LogP contribution in [0, 0.1) is 0 Å². The number of sulfonamides is 1. The van der Waals surface area contributed by atoms with E-state index in [0.29, 0.717) is 25.3 Å². The predicted molar refractivity (Wildman–Crippen MR) is 74.4 cm³/mol. The normalized spacial score (nSPS) is 17.4. The van der Waals surface area contributed by atoms with Gasteiger partial charge in [0.15, 0.2) is 0 Å². The van der Waals surface area contributed by atoms with Crippen LogP contribution in [-0.2, 0) is 14.8 Å². The molecule has 1 N–H and O–H groups in total. The van der Waals surface area contributed by atoms with Gasteiger partial charge in [0, 0.05) is 13.1 Å². The molecular formula is C12H15ClN2O4S. The molecule has 1 fully saturated rings. The molecular weight excluding hydrogens is 304 g/mol. The number of hydrogen-bond donors (Lipinski definition) is 1. The molecule has 0 spiro atoms. The molecule has 0 atom stereocenters. The molecule has 1 aliphatic heterocycles. The quantitative estimate of drug-likeness (QED) is 0.897. The molecule has 110 valence electrons. The molecule has 1 amide bonds. The lowest BCUT2D eigenvalue weighted by molar-refractivity contribution is -0.120. The minimum Gasteiger partial charge on any atom is -0.495 e. The Bertz CT molecular complexity index is 618. The summed E-state index contributed by atoms with van der Waals surface area (Å²) in [6.07, 6.45) is 0.578. The first-order valence-electron chi connectivity index (χ1n) is 6.05. The third-order valence-electron chi connectivity index (χ3n) is 2.99. The molecule has 1 aromatic carbocycles. The molecule has 6 nitrogen and oxygen atoms in total. The summed E-state index contributed by atoms with van der Waals surface area (Å²) in [6.45, 7) is 0.602. The Labute approximate surface area is 122 Å². The van der Waals surface area contributed by atoms with Gasteiger partial charge in [0.2, 0.25) is 15.9 Å². The van der Waals surface area contributed by atoms with Gasteiger partial charge in [0.25, 0.3) is 0 Å². The van der Waals surface area contributed by atoms with Gasteiger partial charge in [-0.1, -0.05) is 11.6 Å². The third-order valence-corrected chi connectivity index (χ3v) is 5.12. The van der Waals surface area contributed by atoms with Gasteiger partial charge in [-0.3, -0.25) is 4.79 Å². The average molecular weight is 319 g/mol. The largest absolute Gasteiger partial charge is 0.495 e. The highest BCUT2D eigenvalue weighted by atomic mass is 35.5. The molecule has 0 bridgehead atoms. The van der Waals surface area contributed by atoms with Crippen LogP contribution in [-0.4, -0.2) is 45.4 Å². The number of carbonyl (C=O) groups excluding carboxylic acids is 1. The topological polar surface area (TPSA) is 75.7 Å². The van der Waals surface area contributed by atoms with Crippen LogP contribution in [0.15, 0.2) is 23.1 Å². The van der Waals surface area contributed by atoms with E-state index in [4.69, 9.17) is 16.3 Å². The fraction of sp³-hybridized carbons (Fsp3) is 0.417. The van der Waals surface area contributed by atoms with Crippen LogP contribution in [0.25, 0.3) is 0 Å². The van der Waals surface area contributed by atoms with E-state index in [1.807, 2.05) is 0 Å². The van der Waals surface area contributed by atoms with E-state index in [1.54, 1.807) is 0 Å². The number of halogens is 1. The summed E-state index contributed by atoms with van der Waals surface area (Å²) >= 11 is 5.95. The summed E-state index contributed by atoms with van der Waals surface area (Å²) in [4.78, 5) is 11.5. The fourth-order valence-electron chi connectivity index (χ4n) is 1.94. The van der Waals surface area contributed by atoms with Crippen molar-refractivity contribution >= 4 is 27.5 Å². The highest BCUT2D eigenvalue weighted by Gasteiger charge is 2.28. The summed E-state index contributed by atoms with van der Waals surface area (Å²) in [7, 11) is -2.28. The molecule has 20 heavy (non-hydrogen) atoms. The highest BCUT2D eigenvalue weighted by molar-refractivity contribution is 7.89. The van der Waals surface area contributed by atoms with Crippen LogP contribution in [0.1, 0.15) is 6.42 Å². The maximum Gasteiger partial charge on any atom is 0.243 e. The molecule has 1 aliphatic rings. The average Bonchev–Trinajstić information content (AvgIpc) is 2.63. The summed E-state index contributed by atoms with van der Waals surface area (Å²) in [5.41, 5.74) is 0. The van der Waals surface area contributed by atoms with Gasteiger partial charge in [-0.15, -0.1) is 0 Å². The second-order valence-corrected chi connectivity index (χ2v) is 6.68. The number of carbonyl (C=O) groups is 1. The van der Waals surface area contributed by atoms with Gasteiger partial charge in [-0.2, -0.15) is 4.31 Å². The number of hydrogen-bond acceptors (Lipinski definition) is 4. The second-order valence-electron chi connectivity index (χ2n) is 4.34. The van der Waals surface area contributed by atoms with Gasteiger partial charge in [0.1, 0.15) is 5.75 Å². The van der Waals surface area contributed by atoms with Crippen molar-refractivity contribution < 1.29 is 17.9 Å². The van der Waals surface area contributed by atoms with Crippen LogP contribution in [0.3, 0.4) is 0 Å². The summed E-state index contributed by atoms with van der Waals surface area (Å²) in [6, 6.07) is 4.24.